The van der Waals surface area contributed by atoms with E-state index in [0.717, 1.165) is 28.4 Å². The van der Waals surface area contributed by atoms with Crippen molar-refractivity contribution in [1.29, 1.82) is 5.26 Å². The number of hydrogen-bond acceptors (Lipinski definition) is 4. The number of rotatable bonds is 2. The number of hydrogen-bond donors (Lipinski definition) is 1. The van der Waals surface area contributed by atoms with Gasteiger partial charge in [-0.25, -0.2) is 0 Å². The molecule has 0 radical (unpaired) electrons. The molecule has 1 aliphatic heterocycles. The molecule has 0 spiro atoms. The van der Waals surface area contributed by atoms with E-state index >= 15 is 0 Å². The highest BCUT2D eigenvalue weighted by Gasteiger charge is 2.13. The first-order valence-corrected chi connectivity index (χ1v) is 5.94. The van der Waals surface area contributed by atoms with Crippen LogP contribution >= 0.6 is 0 Å². The normalized spacial score (nSPS) is 12.0. The van der Waals surface area contributed by atoms with Crippen LogP contribution in [0.15, 0.2) is 36.4 Å². The quantitative estimate of drug-likeness (QED) is 0.890. The summed E-state index contributed by atoms with van der Waals surface area (Å²) >= 11 is 0. The van der Waals surface area contributed by atoms with Crippen LogP contribution in [-0.4, -0.2) is 6.79 Å². The van der Waals surface area contributed by atoms with E-state index < -0.39 is 0 Å². The maximum absolute atomic E-state index is 8.85. The van der Waals surface area contributed by atoms with Crippen molar-refractivity contribution in [3.63, 3.8) is 0 Å². The lowest BCUT2D eigenvalue weighted by atomic mass is 10.1. The molecule has 0 atom stereocenters. The minimum Gasteiger partial charge on any atom is -0.454 e. The fourth-order valence-corrected chi connectivity index (χ4v) is 2.00. The molecule has 1 N–H and O–H groups in total. The molecule has 1 heterocycles. The summed E-state index contributed by atoms with van der Waals surface area (Å²) in [6.07, 6.45) is 0. The van der Waals surface area contributed by atoms with Crippen LogP contribution in [0.5, 0.6) is 11.5 Å². The molecule has 4 nitrogen and oxygen atoms in total. The van der Waals surface area contributed by atoms with Crippen molar-refractivity contribution in [3.05, 3.63) is 47.5 Å². The van der Waals surface area contributed by atoms with Gasteiger partial charge in [0.25, 0.3) is 0 Å². The number of anilines is 2. The predicted octanol–water partition coefficient (Wildman–Crippen LogP) is 3.34. The van der Waals surface area contributed by atoms with Crippen molar-refractivity contribution in [2.24, 2.45) is 0 Å². The smallest absolute Gasteiger partial charge is 0.231 e. The Balaban J connectivity index is 1.87. The zero-order valence-corrected chi connectivity index (χ0v) is 10.4. The van der Waals surface area contributed by atoms with Crippen LogP contribution in [0.2, 0.25) is 0 Å². The molecular weight excluding hydrogens is 240 g/mol. The number of ether oxygens (including phenoxy) is 2. The summed E-state index contributed by atoms with van der Waals surface area (Å²) in [6, 6.07) is 13.4. The number of nitriles is 1. The van der Waals surface area contributed by atoms with E-state index in [1.807, 2.05) is 37.3 Å². The van der Waals surface area contributed by atoms with Gasteiger partial charge in [0.1, 0.15) is 0 Å². The molecule has 0 saturated heterocycles. The largest absolute Gasteiger partial charge is 0.454 e. The van der Waals surface area contributed by atoms with Gasteiger partial charge in [-0.2, -0.15) is 5.26 Å². The van der Waals surface area contributed by atoms with E-state index in [0.29, 0.717) is 5.56 Å². The summed E-state index contributed by atoms with van der Waals surface area (Å²) in [5, 5.41) is 12.2. The van der Waals surface area contributed by atoms with E-state index in [-0.39, 0.29) is 6.79 Å². The van der Waals surface area contributed by atoms with Gasteiger partial charge in [-0.3, -0.25) is 0 Å². The van der Waals surface area contributed by atoms with Gasteiger partial charge in [0.2, 0.25) is 6.79 Å². The van der Waals surface area contributed by atoms with Crippen molar-refractivity contribution in [2.45, 2.75) is 6.92 Å². The maximum Gasteiger partial charge on any atom is 0.231 e. The lowest BCUT2D eigenvalue weighted by Crippen LogP contribution is -1.94. The molecule has 4 heteroatoms. The van der Waals surface area contributed by atoms with Crippen molar-refractivity contribution in [2.75, 3.05) is 12.1 Å². The highest BCUT2D eigenvalue weighted by Crippen LogP contribution is 2.35. The molecule has 0 aliphatic carbocycles. The number of nitrogens with zero attached hydrogens (tertiary/aromatic N) is 1. The molecular formula is C15H12N2O2. The summed E-state index contributed by atoms with van der Waals surface area (Å²) < 4.78 is 10.6. The molecule has 0 saturated carbocycles. The zero-order chi connectivity index (χ0) is 13.2. The number of benzene rings is 2. The Kier molecular flexibility index (Phi) is 2.73. The molecule has 0 unspecified atom stereocenters. The second-order valence-corrected chi connectivity index (χ2v) is 4.33. The highest BCUT2D eigenvalue weighted by atomic mass is 16.7. The van der Waals surface area contributed by atoms with Gasteiger partial charge >= 0.3 is 0 Å². The van der Waals surface area contributed by atoms with Gasteiger partial charge in [-0.05, 0) is 42.8 Å². The van der Waals surface area contributed by atoms with Gasteiger partial charge in [-0.1, -0.05) is 0 Å². The van der Waals surface area contributed by atoms with Crippen molar-refractivity contribution < 1.29 is 9.47 Å². The van der Waals surface area contributed by atoms with Gasteiger partial charge < -0.3 is 14.8 Å². The lowest BCUT2D eigenvalue weighted by molar-refractivity contribution is 0.174. The Morgan fingerprint density at radius 2 is 1.95 bits per heavy atom. The fourth-order valence-electron chi connectivity index (χ4n) is 2.00. The Morgan fingerprint density at radius 1 is 1.11 bits per heavy atom. The first-order chi connectivity index (χ1) is 9.26. The van der Waals surface area contributed by atoms with Crippen LogP contribution in [0.1, 0.15) is 11.1 Å². The molecule has 1 aliphatic rings. The fraction of sp³-hybridized carbons (Fsp3) is 0.133. The van der Waals surface area contributed by atoms with Gasteiger partial charge in [-0.15, -0.1) is 0 Å². The predicted molar refractivity (Wildman–Crippen MR) is 71.7 cm³/mol. The Morgan fingerprint density at radius 3 is 2.74 bits per heavy atom. The molecule has 94 valence electrons. The van der Waals surface area contributed by atoms with E-state index in [4.69, 9.17) is 14.7 Å². The monoisotopic (exact) mass is 252 g/mol. The standard InChI is InChI=1S/C15H12N2O2/c1-10-6-11(8-16)2-4-13(10)17-12-3-5-14-15(7-12)19-9-18-14/h2-7,17H,9H2,1H3. The third-order valence-electron chi connectivity index (χ3n) is 3.01. The summed E-state index contributed by atoms with van der Waals surface area (Å²) in [5.41, 5.74) is 3.58. The minimum atomic E-state index is 0.273. The van der Waals surface area contributed by atoms with Crippen LogP contribution in [0, 0.1) is 18.3 Å². The second kappa shape index (κ2) is 4.54. The van der Waals surface area contributed by atoms with Crippen molar-refractivity contribution >= 4 is 11.4 Å². The average Bonchev–Trinajstić information content (AvgIpc) is 2.88. The van der Waals surface area contributed by atoms with E-state index in [2.05, 4.69) is 11.4 Å². The molecule has 0 amide bonds. The SMILES string of the molecule is Cc1cc(C#N)ccc1Nc1ccc2c(c1)OCO2. The third kappa shape index (κ3) is 2.18. The van der Waals surface area contributed by atoms with Gasteiger partial charge in [0.15, 0.2) is 11.5 Å². The maximum atomic E-state index is 8.85. The molecule has 19 heavy (non-hydrogen) atoms. The Hall–Kier alpha value is -2.67. The summed E-state index contributed by atoms with van der Waals surface area (Å²) in [6.45, 7) is 2.24. The van der Waals surface area contributed by atoms with Crippen LogP contribution in [0.3, 0.4) is 0 Å². The van der Waals surface area contributed by atoms with E-state index in [1.54, 1.807) is 6.07 Å². The first-order valence-electron chi connectivity index (χ1n) is 5.94. The minimum absolute atomic E-state index is 0.273. The van der Waals surface area contributed by atoms with Crippen LogP contribution < -0.4 is 14.8 Å². The summed E-state index contributed by atoms with van der Waals surface area (Å²) in [5.74, 6) is 1.51. The van der Waals surface area contributed by atoms with E-state index in [1.165, 1.54) is 0 Å². The number of nitrogens with one attached hydrogen (secondary N) is 1. The molecule has 0 bridgehead atoms. The Bertz CT molecular complexity index is 674. The summed E-state index contributed by atoms with van der Waals surface area (Å²) in [7, 11) is 0. The second-order valence-electron chi connectivity index (χ2n) is 4.33. The summed E-state index contributed by atoms with van der Waals surface area (Å²) in [4.78, 5) is 0. The van der Waals surface area contributed by atoms with Gasteiger partial charge in [0, 0.05) is 17.4 Å². The molecule has 3 rings (SSSR count). The number of fused-ring (bicyclic) bond motifs is 1. The molecule has 0 fully saturated rings. The Labute approximate surface area is 111 Å². The van der Waals surface area contributed by atoms with Crippen molar-refractivity contribution in [1.82, 2.24) is 0 Å². The van der Waals surface area contributed by atoms with Crippen LogP contribution in [0.25, 0.3) is 0 Å². The van der Waals surface area contributed by atoms with E-state index in [9.17, 15) is 0 Å². The topological polar surface area (TPSA) is 54.3 Å². The first kappa shape index (κ1) is 11.4. The third-order valence-corrected chi connectivity index (χ3v) is 3.01. The zero-order valence-electron chi connectivity index (χ0n) is 10.4. The average molecular weight is 252 g/mol. The molecule has 2 aromatic carbocycles. The molecule has 2 aromatic rings. The lowest BCUT2D eigenvalue weighted by Gasteiger charge is -2.10. The van der Waals surface area contributed by atoms with Crippen LogP contribution in [0.4, 0.5) is 11.4 Å². The highest BCUT2D eigenvalue weighted by molar-refractivity contribution is 5.67. The van der Waals surface area contributed by atoms with Gasteiger partial charge in [0.05, 0.1) is 11.6 Å². The molecule has 0 aromatic heterocycles. The van der Waals surface area contributed by atoms with Crippen molar-refractivity contribution in [3.8, 4) is 17.6 Å². The number of aryl methyl sites for hydroxylation is 1. The van der Waals surface area contributed by atoms with Crippen LogP contribution in [-0.2, 0) is 0 Å².